The molecule has 0 rings (SSSR count). The van der Waals surface area contributed by atoms with E-state index < -0.39 is 6.09 Å². The molecule has 13 heteroatoms. The molecule has 0 bridgehead atoms. The molecular weight excluding hydrogens is 719 g/mol. The Morgan fingerprint density at radius 3 is 1.06 bits per heavy atom. The van der Waals surface area contributed by atoms with Crippen molar-refractivity contribution in [2.24, 2.45) is 0 Å². The third-order valence-corrected chi connectivity index (χ3v) is 10.2. The van der Waals surface area contributed by atoms with Crippen LogP contribution in [0, 0.1) is 0 Å². The number of amides is 3. The molecule has 0 radical (unpaired) electrons. The number of thiocarbonyl (C=S) groups is 2. The SMILES string of the molecule is CCCCCCCCCCCCCCN(CCCCCCCCCCCCCC)C(=O)CCC(=O)NCCNC(=S)NCCNC(=S)NCCNC(=O)O. The molecule has 0 atom stereocenters. The van der Waals surface area contributed by atoms with Crippen LogP contribution < -0.4 is 31.9 Å². The zero-order chi connectivity index (χ0) is 39.7. The first-order valence-corrected chi connectivity index (χ1v) is 22.7. The van der Waals surface area contributed by atoms with E-state index >= 15 is 0 Å². The van der Waals surface area contributed by atoms with Gasteiger partial charge in [0.15, 0.2) is 10.2 Å². The summed E-state index contributed by atoms with van der Waals surface area (Å²) in [5.74, 6) is -0.0245. The molecule has 7 N–H and O–H groups in total. The minimum Gasteiger partial charge on any atom is -0.465 e. The van der Waals surface area contributed by atoms with Crippen LogP contribution in [-0.2, 0) is 9.59 Å². The normalized spacial score (nSPS) is 10.8. The predicted molar refractivity (Wildman–Crippen MR) is 234 cm³/mol. The van der Waals surface area contributed by atoms with Crippen LogP contribution in [0.3, 0.4) is 0 Å². The Labute approximate surface area is 340 Å². The topological polar surface area (TPSA) is 147 Å². The summed E-state index contributed by atoms with van der Waals surface area (Å²) in [6.45, 7) is 8.72. The van der Waals surface area contributed by atoms with Crippen molar-refractivity contribution in [3.63, 3.8) is 0 Å². The minimum absolute atomic E-state index is 0.0972. The van der Waals surface area contributed by atoms with E-state index in [4.69, 9.17) is 29.5 Å². The van der Waals surface area contributed by atoms with E-state index in [9.17, 15) is 14.4 Å². The number of nitrogens with one attached hydrogen (secondary N) is 6. The zero-order valence-electron chi connectivity index (χ0n) is 34.5. The van der Waals surface area contributed by atoms with Crippen LogP contribution in [0.15, 0.2) is 0 Å². The summed E-state index contributed by atoms with van der Waals surface area (Å²) in [7, 11) is 0. The van der Waals surface area contributed by atoms with Crippen LogP contribution in [0.1, 0.15) is 181 Å². The van der Waals surface area contributed by atoms with E-state index in [1.165, 1.54) is 128 Å². The summed E-state index contributed by atoms with van der Waals surface area (Å²) in [4.78, 5) is 38.3. The summed E-state index contributed by atoms with van der Waals surface area (Å²) in [5, 5.41) is 26.7. The van der Waals surface area contributed by atoms with Crippen molar-refractivity contribution in [2.45, 2.75) is 181 Å². The second-order valence-electron chi connectivity index (χ2n) is 14.6. The largest absolute Gasteiger partial charge is 0.465 e. The summed E-state index contributed by atoms with van der Waals surface area (Å²) < 4.78 is 0. The van der Waals surface area contributed by atoms with E-state index in [1.807, 2.05) is 4.90 Å². The summed E-state index contributed by atoms with van der Waals surface area (Å²) in [5.41, 5.74) is 0. The number of hydrogen-bond donors (Lipinski definition) is 7. The second-order valence-corrected chi connectivity index (χ2v) is 15.4. The molecule has 0 heterocycles. The first kappa shape index (κ1) is 51.6. The Hall–Kier alpha value is -2.41. The maximum atomic E-state index is 13.3. The van der Waals surface area contributed by atoms with Gasteiger partial charge < -0.3 is 41.9 Å². The number of rotatable bonds is 38. The number of hydrogen-bond acceptors (Lipinski definition) is 5. The zero-order valence-corrected chi connectivity index (χ0v) is 36.1. The van der Waals surface area contributed by atoms with E-state index in [0.717, 1.165) is 38.8 Å². The molecular formula is C41H81N7O4S2. The monoisotopic (exact) mass is 800 g/mol. The Morgan fingerprint density at radius 2 is 0.722 bits per heavy atom. The van der Waals surface area contributed by atoms with Crippen LogP contribution in [0.4, 0.5) is 4.79 Å². The molecule has 3 amide bonds. The van der Waals surface area contributed by atoms with E-state index in [-0.39, 0.29) is 31.2 Å². The number of nitrogens with zero attached hydrogens (tertiary/aromatic N) is 1. The molecule has 0 aliphatic heterocycles. The van der Waals surface area contributed by atoms with E-state index in [1.54, 1.807) is 0 Å². The maximum absolute atomic E-state index is 13.3. The lowest BCUT2D eigenvalue weighted by Crippen LogP contribution is -2.45. The van der Waals surface area contributed by atoms with Crippen molar-refractivity contribution in [1.29, 1.82) is 0 Å². The molecule has 0 aromatic rings. The molecule has 0 saturated heterocycles. The molecule has 0 aliphatic carbocycles. The summed E-state index contributed by atoms with van der Waals surface area (Å²) >= 11 is 10.4. The fourth-order valence-corrected chi connectivity index (χ4v) is 6.72. The van der Waals surface area contributed by atoms with Crippen molar-refractivity contribution >= 4 is 52.6 Å². The molecule has 54 heavy (non-hydrogen) atoms. The van der Waals surface area contributed by atoms with Crippen LogP contribution in [0.2, 0.25) is 0 Å². The Balaban J connectivity index is 4.29. The van der Waals surface area contributed by atoms with E-state index in [2.05, 4.69) is 45.7 Å². The predicted octanol–water partition coefficient (Wildman–Crippen LogP) is 8.31. The standard InChI is InChI=1S/C41H81N7O4S2/c1-3-5-7-9-11-13-15-17-19-21-23-25-35-48(36-26-24-22-20-18-16-14-12-10-8-6-4-2)38(50)28-27-37(49)42-29-30-43-39(53)44-31-32-45-40(54)46-33-34-47-41(51)52/h47H,3-36H2,1-2H3,(H,42,49)(H,51,52)(H2,43,44,53)(H2,45,46,54). The van der Waals surface area contributed by atoms with Gasteiger partial charge in [0.2, 0.25) is 11.8 Å². The Morgan fingerprint density at radius 1 is 0.426 bits per heavy atom. The Bertz CT molecular complexity index is 917. The van der Waals surface area contributed by atoms with Gasteiger partial charge in [-0.25, -0.2) is 4.79 Å². The molecule has 0 aromatic carbocycles. The highest BCUT2D eigenvalue weighted by Crippen LogP contribution is 2.14. The van der Waals surface area contributed by atoms with Gasteiger partial charge >= 0.3 is 6.09 Å². The maximum Gasteiger partial charge on any atom is 0.404 e. The second kappa shape index (κ2) is 40.3. The van der Waals surface area contributed by atoms with Gasteiger partial charge in [-0.05, 0) is 37.3 Å². The lowest BCUT2D eigenvalue weighted by molar-refractivity contribution is -0.133. The highest BCUT2D eigenvalue weighted by atomic mass is 32.1. The van der Waals surface area contributed by atoms with Crippen LogP contribution in [0.25, 0.3) is 0 Å². The van der Waals surface area contributed by atoms with Crippen molar-refractivity contribution < 1.29 is 19.5 Å². The van der Waals surface area contributed by atoms with E-state index in [0.29, 0.717) is 42.9 Å². The highest BCUT2D eigenvalue weighted by molar-refractivity contribution is 7.80. The third-order valence-electron chi connectivity index (χ3n) is 9.60. The quantitative estimate of drug-likeness (QED) is 0.0241. The minimum atomic E-state index is -1.07. The first-order valence-electron chi connectivity index (χ1n) is 21.8. The van der Waals surface area contributed by atoms with Crippen LogP contribution in [0.5, 0.6) is 0 Å². The molecule has 0 aliphatic rings. The molecule has 0 unspecified atom stereocenters. The fourth-order valence-electron chi connectivity index (χ4n) is 6.32. The molecule has 316 valence electrons. The lowest BCUT2D eigenvalue weighted by atomic mass is 10.0. The van der Waals surface area contributed by atoms with Gasteiger partial charge in [-0.3, -0.25) is 9.59 Å². The van der Waals surface area contributed by atoms with Crippen LogP contribution in [-0.4, -0.2) is 90.5 Å². The van der Waals surface area contributed by atoms with Gasteiger partial charge in [0.05, 0.1) is 0 Å². The lowest BCUT2D eigenvalue weighted by Gasteiger charge is -2.23. The molecule has 0 spiro atoms. The summed E-state index contributed by atoms with van der Waals surface area (Å²) in [6.07, 6.45) is 30.6. The first-order chi connectivity index (χ1) is 26.3. The molecule has 11 nitrogen and oxygen atoms in total. The Kier molecular flexibility index (Phi) is 38.5. The highest BCUT2D eigenvalue weighted by Gasteiger charge is 2.15. The van der Waals surface area contributed by atoms with Crippen LogP contribution >= 0.6 is 24.4 Å². The fraction of sp³-hybridized carbons (Fsp3) is 0.878. The van der Waals surface area contributed by atoms with Gasteiger partial charge in [0.25, 0.3) is 0 Å². The average Bonchev–Trinajstić information content (AvgIpc) is 3.15. The number of unbranched alkanes of at least 4 members (excludes halogenated alkanes) is 22. The van der Waals surface area contributed by atoms with Gasteiger partial charge in [-0.1, -0.05) is 155 Å². The average molecular weight is 800 g/mol. The third kappa shape index (κ3) is 37.9. The van der Waals surface area contributed by atoms with Crippen molar-refractivity contribution in [2.75, 3.05) is 52.4 Å². The smallest absolute Gasteiger partial charge is 0.404 e. The van der Waals surface area contributed by atoms with Gasteiger partial charge in [0.1, 0.15) is 0 Å². The number of carbonyl (C=O) groups excluding carboxylic acids is 2. The van der Waals surface area contributed by atoms with Gasteiger partial charge in [-0.2, -0.15) is 0 Å². The van der Waals surface area contributed by atoms with Crippen molar-refractivity contribution in [3.05, 3.63) is 0 Å². The molecule has 0 aromatic heterocycles. The number of carbonyl (C=O) groups is 3. The number of carboxylic acid groups (broad SMARTS) is 1. The van der Waals surface area contributed by atoms with Gasteiger partial charge in [-0.15, -0.1) is 0 Å². The molecule has 0 fully saturated rings. The summed E-state index contributed by atoms with van der Waals surface area (Å²) in [6, 6.07) is 0. The van der Waals surface area contributed by atoms with Crippen molar-refractivity contribution in [1.82, 2.24) is 36.8 Å². The molecule has 0 saturated carbocycles. The van der Waals surface area contributed by atoms with Gasteiger partial charge in [0, 0.05) is 65.2 Å². The van der Waals surface area contributed by atoms with Crippen molar-refractivity contribution in [3.8, 4) is 0 Å².